The summed E-state index contributed by atoms with van der Waals surface area (Å²) in [6.07, 6.45) is 0.220. The molecule has 0 spiro atoms. The second kappa shape index (κ2) is 8.40. The van der Waals surface area contributed by atoms with Gasteiger partial charge in [-0.3, -0.25) is 10.1 Å². The molecule has 2 heterocycles. The zero-order chi connectivity index (χ0) is 19.4. The molecule has 0 atom stereocenters. The fraction of sp³-hybridized carbons (Fsp3) is 0.294. The van der Waals surface area contributed by atoms with Crippen molar-refractivity contribution in [1.82, 2.24) is 15.5 Å². The lowest BCUT2D eigenvalue weighted by Crippen LogP contribution is -2.37. The molecule has 1 aliphatic heterocycles. The van der Waals surface area contributed by atoms with Crippen LogP contribution >= 0.6 is 23.1 Å². The Labute approximate surface area is 165 Å². The summed E-state index contributed by atoms with van der Waals surface area (Å²) < 4.78 is 0.843. The first-order valence-electron chi connectivity index (χ1n) is 8.18. The van der Waals surface area contributed by atoms with E-state index in [9.17, 15) is 4.79 Å². The number of thioether (sulfide) groups is 1. The number of hydrogen-bond donors (Lipinski definition) is 2. The van der Waals surface area contributed by atoms with Gasteiger partial charge in [0, 0.05) is 11.5 Å². The molecule has 3 rings (SSSR count). The average molecular weight is 402 g/mol. The Morgan fingerprint density at radius 3 is 2.85 bits per heavy atom. The second-order valence-electron chi connectivity index (χ2n) is 5.97. The van der Waals surface area contributed by atoms with Gasteiger partial charge in [0.1, 0.15) is 5.01 Å². The van der Waals surface area contributed by atoms with E-state index in [2.05, 4.69) is 30.5 Å². The third-order valence-corrected chi connectivity index (χ3v) is 5.60. The number of aliphatic imine (C=N–C) groups is 3. The van der Waals surface area contributed by atoms with E-state index in [0.717, 1.165) is 26.2 Å². The van der Waals surface area contributed by atoms with Crippen molar-refractivity contribution in [2.24, 2.45) is 20.7 Å². The van der Waals surface area contributed by atoms with Gasteiger partial charge in [0.25, 0.3) is 0 Å². The molecule has 1 aliphatic rings. The highest BCUT2D eigenvalue weighted by Gasteiger charge is 2.18. The summed E-state index contributed by atoms with van der Waals surface area (Å²) in [5, 5.41) is 11.5. The first-order chi connectivity index (χ1) is 12.9. The van der Waals surface area contributed by atoms with Gasteiger partial charge in [-0.2, -0.15) is 4.99 Å². The number of aromatic nitrogens is 2. The maximum Gasteiger partial charge on any atom is 0.232 e. The summed E-state index contributed by atoms with van der Waals surface area (Å²) in [5.41, 5.74) is 9.50. The van der Waals surface area contributed by atoms with Gasteiger partial charge in [-0.05, 0) is 32.4 Å². The third-order valence-electron chi connectivity index (χ3n) is 3.56. The van der Waals surface area contributed by atoms with E-state index < -0.39 is 0 Å². The first-order valence-corrected chi connectivity index (χ1v) is 9.98. The number of carbonyl (C=O) groups is 1. The van der Waals surface area contributed by atoms with Gasteiger partial charge in [-0.25, -0.2) is 9.98 Å². The fourth-order valence-electron chi connectivity index (χ4n) is 2.38. The third kappa shape index (κ3) is 5.44. The lowest BCUT2D eigenvalue weighted by molar-refractivity contribution is -0.118. The molecule has 0 bridgehead atoms. The maximum absolute atomic E-state index is 11.9. The van der Waals surface area contributed by atoms with E-state index in [-0.39, 0.29) is 24.2 Å². The number of hydrogen-bond acceptors (Lipinski definition) is 6. The number of carbonyl (C=O) groups excluding carboxylic acids is 1. The van der Waals surface area contributed by atoms with Crippen molar-refractivity contribution in [3.05, 3.63) is 34.3 Å². The van der Waals surface area contributed by atoms with Crippen LogP contribution < -0.4 is 11.1 Å². The minimum Gasteiger partial charge on any atom is -0.368 e. The number of aryl methyl sites for hydroxylation is 3. The van der Waals surface area contributed by atoms with E-state index >= 15 is 0 Å². The first kappa shape index (κ1) is 19.2. The van der Waals surface area contributed by atoms with Crippen molar-refractivity contribution < 1.29 is 4.79 Å². The molecule has 0 radical (unpaired) electrons. The van der Waals surface area contributed by atoms with Crippen LogP contribution in [0.4, 0.5) is 5.69 Å². The van der Waals surface area contributed by atoms with Crippen LogP contribution in [0.5, 0.6) is 0 Å². The highest BCUT2D eigenvalue weighted by molar-refractivity contribution is 8.01. The Kier molecular flexibility index (Phi) is 5.97. The van der Waals surface area contributed by atoms with E-state index in [1.54, 1.807) is 0 Å². The maximum atomic E-state index is 11.9. The summed E-state index contributed by atoms with van der Waals surface area (Å²) in [5.74, 6) is 0.554. The highest BCUT2D eigenvalue weighted by Crippen LogP contribution is 2.23. The van der Waals surface area contributed by atoms with Crippen LogP contribution in [0.1, 0.15) is 22.6 Å². The number of rotatable bonds is 4. The van der Waals surface area contributed by atoms with Crippen LogP contribution in [0, 0.1) is 20.8 Å². The lowest BCUT2D eigenvalue weighted by Gasteiger charge is -2.13. The fourth-order valence-corrected chi connectivity index (χ4v) is 4.12. The number of nitrogens with zero attached hydrogens (tertiary/aromatic N) is 5. The number of amides is 1. The van der Waals surface area contributed by atoms with Crippen LogP contribution in [0.15, 0.2) is 37.5 Å². The molecule has 0 unspecified atom stereocenters. The number of guanidine groups is 2. The van der Waals surface area contributed by atoms with Crippen molar-refractivity contribution in [1.29, 1.82) is 0 Å². The minimum absolute atomic E-state index is 0.0367. The molecular weight excluding hydrogens is 382 g/mol. The Bertz CT molecular complexity index is 962. The topological polar surface area (TPSA) is 118 Å². The predicted molar refractivity (Wildman–Crippen MR) is 110 cm³/mol. The summed E-state index contributed by atoms with van der Waals surface area (Å²) in [7, 11) is 0. The molecule has 2 aromatic rings. The van der Waals surface area contributed by atoms with Crippen molar-refractivity contribution in [3.8, 4) is 0 Å². The van der Waals surface area contributed by atoms with Gasteiger partial charge in [0.15, 0.2) is 4.34 Å². The highest BCUT2D eigenvalue weighted by atomic mass is 32.2. The monoisotopic (exact) mass is 401 g/mol. The molecule has 1 amide bonds. The summed E-state index contributed by atoms with van der Waals surface area (Å²) in [6.45, 7) is 5.87. The smallest absolute Gasteiger partial charge is 0.232 e. The van der Waals surface area contributed by atoms with Crippen LogP contribution in [-0.4, -0.2) is 39.5 Å². The van der Waals surface area contributed by atoms with Crippen LogP contribution in [0.25, 0.3) is 0 Å². The Balaban J connectivity index is 1.75. The molecule has 0 saturated heterocycles. The molecule has 140 valence electrons. The van der Waals surface area contributed by atoms with Crippen molar-refractivity contribution >= 4 is 52.3 Å². The van der Waals surface area contributed by atoms with Gasteiger partial charge < -0.3 is 5.73 Å². The summed E-state index contributed by atoms with van der Waals surface area (Å²) in [6, 6.07) is 5.86. The molecular formula is C17H19N7OS2. The Morgan fingerprint density at radius 2 is 2.15 bits per heavy atom. The normalized spacial score (nSPS) is 16.4. The molecule has 27 heavy (non-hydrogen) atoms. The zero-order valence-corrected chi connectivity index (χ0v) is 16.8. The zero-order valence-electron chi connectivity index (χ0n) is 15.2. The van der Waals surface area contributed by atoms with Crippen LogP contribution in [0.3, 0.4) is 0 Å². The van der Waals surface area contributed by atoms with Gasteiger partial charge in [0.2, 0.25) is 17.8 Å². The lowest BCUT2D eigenvalue weighted by atomic mass is 10.1. The molecule has 1 aromatic heterocycles. The number of nitrogens with one attached hydrogen (secondary N) is 1. The summed E-state index contributed by atoms with van der Waals surface area (Å²) >= 11 is 3.00. The molecule has 10 heteroatoms. The van der Waals surface area contributed by atoms with Crippen LogP contribution in [0.2, 0.25) is 0 Å². The van der Waals surface area contributed by atoms with Crippen molar-refractivity contribution in [2.75, 3.05) is 5.75 Å². The average Bonchev–Trinajstić information content (AvgIpc) is 3.00. The van der Waals surface area contributed by atoms with E-state index in [0.29, 0.717) is 11.5 Å². The molecule has 3 N–H and O–H groups in total. The largest absolute Gasteiger partial charge is 0.368 e. The SMILES string of the molecule is Cc1ccc(N=C(N)N=C2N=C(CSc3nnc(C)s3)CC(=O)N2)c(C)c1. The Hall–Kier alpha value is -2.59. The van der Waals surface area contributed by atoms with Gasteiger partial charge in [-0.1, -0.05) is 40.8 Å². The van der Waals surface area contributed by atoms with E-state index in [4.69, 9.17) is 5.73 Å². The number of nitrogens with two attached hydrogens (primary N) is 1. The molecule has 0 aliphatic carbocycles. The molecule has 8 nitrogen and oxygen atoms in total. The Morgan fingerprint density at radius 1 is 1.33 bits per heavy atom. The van der Waals surface area contributed by atoms with E-state index in [1.807, 2.05) is 39.0 Å². The van der Waals surface area contributed by atoms with Gasteiger partial charge in [0.05, 0.1) is 12.1 Å². The molecule has 0 saturated carbocycles. The molecule has 0 fully saturated rings. The van der Waals surface area contributed by atoms with Crippen molar-refractivity contribution in [2.45, 2.75) is 31.5 Å². The van der Waals surface area contributed by atoms with Crippen LogP contribution in [-0.2, 0) is 4.79 Å². The number of benzene rings is 1. The van der Waals surface area contributed by atoms with E-state index in [1.165, 1.54) is 23.1 Å². The van der Waals surface area contributed by atoms with Gasteiger partial charge >= 0.3 is 0 Å². The van der Waals surface area contributed by atoms with Crippen molar-refractivity contribution in [3.63, 3.8) is 0 Å². The predicted octanol–water partition coefficient (Wildman–Crippen LogP) is 2.52. The standard InChI is InChI=1S/C17H19N7OS2/c1-9-4-5-13(10(2)6-9)20-15(18)22-16-19-12(7-14(25)21-16)8-26-17-24-23-11(3)27-17/h4-6H,7-8H2,1-3H3,(H3,18,20,21,22,25). The minimum atomic E-state index is -0.174. The summed E-state index contributed by atoms with van der Waals surface area (Å²) in [4.78, 5) is 24.8. The quantitative estimate of drug-likeness (QED) is 0.464. The molecule has 1 aromatic carbocycles. The second-order valence-corrected chi connectivity index (χ2v) is 8.38. The van der Waals surface area contributed by atoms with Gasteiger partial charge in [-0.15, -0.1) is 10.2 Å².